The van der Waals surface area contributed by atoms with Crippen molar-refractivity contribution in [2.24, 2.45) is 0 Å². The van der Waals surface area contributed by atoms with Gasteiger partial charge in [-0.25, -0.2) is 4.21 Å². The van der Waals surface area contributed by atoms with E-state index in [4.69, 9.17) is 0 Å². The first-order valence-electron chi connectivity index (χ1n) is 4.35. The van der Waals surface area contributed by atoms with Gasteiger partial charge in [0.05, 0.1) is 0 Å². The molecule has 1 rings (SSSR count). The Morgan fingerprint density at radius 2 is 1.92 bits per heavy atom. The molecule has 0 aromatic heterocycles. The second-order valence-corrected chi connectivity index (χ2v) is 6.07. The van der Waals surface area contributed by atoms with Crippen LogP contribution in [-0.4, -0.2) is 9.96 Å². The number of aryl methyl sites for hydroxylation is 1. The van der Waals surface area contributed by atoms with Crippen LogP contribution in [0.3, 0.4) is 0 Å². The minimum atomic E-state index is -0.875. The molecule has 0 bridgehead atoms. The Morgan fingerprint density at radius 3 is 2.46 bits per heavy atom. The molecular weight excluding hydrogens is 200 g/mol. The SMILES string of the molecule is CCCSS(=O)c1ccc(C)cc1. The molecule has 0 spiro atoms. The van der Waals surface area contributed by atoms with Crippen molar-refractivity contribution >= 4 is 20.6 Å². The highest BCUT2D eigenvalue weighted by Crippen LogP contribution is 2.19. The topological polar surface area (TPSA) is 17.1 Å². The molecule has 3 heteroatoms. The molecule has 0 amide bonds. The normalized spacial score (nSPS) is 12.8. The number of hydrogen-bond donors (Lipinski definition) is 0. The minimum Gasteiger partial charge on any atom is -0.243 e. The molecule has 0 aliphatic heterocycles. The summed E-state index contributed by atoms with van der Waals surface area (Å²) in [6.07, 6.45) is 1.07. The highest BCUT2D eigenvalue weighted by Gasteiger charge is 2.02. The first-order chi connectivity index (χ1) is 6.24. The summed E-state index contributed by atoms with van der Waals surface area (Å²) in [5, 5.41) is 0. The fraction of sp³-hybridized carbons (Fsp3) is 0.400. The molecule has 1 nitrogen and oxygen atoms in total. The van der Waals surface area contributed by atoms with Crippen LogP contribution in [0.1, 0.15) is 18.9 Å². The number of rotatable bonds is 4. The van der Waals surface area contributed by atoms with E-state index in [-0.39, 0.29) is 0 Å². The lowest BCUT2D eigenvalue weighted by Gasteiger charge is -2.00. The van der Waals surface area contributed by atoms with Crippen LogP contribution in [-0.2, 0) is 9.83 Å². The third kappa shape index (κ3) is 3.53. The second-order valence-electron chi connectivity index (χ2n) is 2.87. The van der Waals surface area contributed by atoms with Gasteiger partial charge < -0.3 is 0 Å². The molecule has 13 heavy (non-hydrogen) atoms. The fourth-order valence-corrected chi connectivity index (χ4v) is 3.38. The van der Waals surface area contributed by atoms with Crippen LogP contribution in [0.25, 0.3) is 0 Å². The summed E-state index contributed by atoms with van der Waals surface area (Å²) in [5.74, 6) is 0.959. The zero-order chi connectivity index (χ0) is 9.68. The lowest BCUT2D eigenvalue weighted by atomic mass is 10.2. The van der Waals surface area contributed by atoms with Crippen molar-refractivity contribution in [3.63, 3.8) is 0 Å². The highest BCUT2D eigenvalue weighted by atomic mass is 33.1. The van der Waals surface area contributed by atoms with Crippen LogP contribution in [0.15, 0.2) is 29.2 Å². The molecule has 72 valence electrons. The molecule has 0 aliphatic rings. The molecule has 0 saturated carbocycles. The Morgan fingerprint density at radius 1 is 1.31 bits per heavy atom. The average Bonchev–Trinajstić information content (AvgIpc) is 2.15. The Kier molecular flexibility index (Phi) is 4.53. The van der Waals surface area contributed by atoms with Crippen molar-refractivity contribution in [3.8, 4) is 0 Å². The largest absolute Gasteiger partial charge is 0.243 e. The molecular formula is C10H14OS2. The van der Waals surface area contributed by atoms with Crippen molar-refractivity contribution in [1.82, 2.24) is 0 Å². The molecule has 0 radical (unpaired) electrons. The predicted molar refractivity (Wildman–Crippen MR) is 60.3 cm³/mol. The molecule has 1 unspecified atom stereocenters. The maximum absolute atomic E-state index is 11.6. The Labute approximate surface area is 85.8 Å². The van der Waals surface area contributed by atoms with Gasteiger partial charge in [0.15, 0.2) is 0 Å². The van der Waals surface area contributed by atoms with Crippen LogP contribution < -0.4 is 0 Å². The van der Waals surface area contributed by atoms with Crippen LogP contribution >= 0.6 is 10.8 Å². The van der Waals surface area contributed by atoms with Gasteiger partial charge in [0.1, 0.15) is 9.83 Å². The third-order valence-corrected chi connectivity index (χ3v) is 4.77. The van der Waals surface area contributed by atoms with Gasteiger partial charge in [0.2, 0.25) is 0 Å². The summed E-state index contributed by atoms with van der Waals surface area (Å²) < 4.78 is 11.6. The van der Waals surface area contributed by atoms with Crippen LogP contribution in [0.5, 0.6) is 0 Å². The molecule has 0 saturated heterocycles. The lowest BCUT2D eigenvalue weighted by molar-refractivity contribution is 0.691. The molecule has 1 aromatic carbocycles. The van der Waals surface area contributed by atoms with E-state index in [1.807, 2.05) is 31.2 Å². The summed E-state index contributed by atoms with van der Waals surface area (Å²) in [6.45, 7) is 4.13. The maximum Gasteiger partial charge on any atom is 0.113 e. The lowest BCUT2D eigenvalue weighted by Crippen LogP contribution is -1.87. The van der Waals surface area contributed by atoms with E-state index in [0.29, 0.717) is 0 Å². The average molecular weight is 214 g/mol. The number of benzene rings is 1. The molecule has 0 aliphatic carbocycles. The van der Waals surface area contributed by atoms with Gasteiger partial charge in [-0.1, -0.05) is 35.4 Å². The Balaban J connectivity index is 2.61. The van der Waals surface area contributed by atoms with Gasteiger partial charge in [0.25, 0.3) is 0 Å². The second kappa shape index (κ2) is 5.45. The van der Waals surface area contributed by atoms with Gasteiger partial charge in [-0.2, -0.15) is 0 Å². The van der Waals surface area contributed by atoms with E-state index >= 15 is 0 Å². The van der Waals surface area contributed by atoms with Gasteiger partial charge in [0, 0.05) is 10.6 Å². The van der Waals surface area contributed by atoms with Gasteiger partial charge in [-0.05, 0) is 25.5 Å². The van der Waals surface area contributed by atoms with E-state index in [1.165, 1.54) is 16.4 Å². The van der Waals surface area contributed by atoms with E-state index in [9.17, 15) is 4.21 Å². The zero-order valence-corrected chi connectivity index (χ0v) is 9.58. The number of hydrogen-bond acceptors (Lipinski definition) is 2. The van der Waals surface area contributed by atoms with Crippen molar-refractivity contribution in [3.05, 3.63) is 29.8 Å². The Hall–Kier alpha value is -0.280. The standard InChI is InChI=1S/C10H14OS2/c1-3-8-12-13(11)10-6-4-9(2)5-7-10/h4-7H,3,8H2,1-2H3. The van der Waals surface area contributed by atoms with Crippen LogP contribution in [0.4, 0.5) is 0 Å². The molecule has 1 aromatic rings. The van der Waals surface area contributed by atoms with Crippen molar-refractivity contribution in [2.75, 3.05) is 5.75 Å². The first-order valence-corrected chi connectivity index (χ1v) is 7.01. The molecule has 0 fully saturated rings. The molecule has 0 heterocycles. The van der Waals surface area contributed by atoms with E-state index in [1.54, 1.807) is 0 Å². The summed E-state index contributed by atoms with van der Waals surface area (Å²) >= 11 is 0. The molecule has 0 N–H and O–H groups in total. The summed E-state index contributed by atoms with van der Waals surface area (Å²) in [4.78, 5) is 0.920. The summed E-state index contributed by atoms with van der Waals surface area (Å²) in [6, 6.07) is 7.88. The van der Waals surface area contributed by atoms with Crippen LogP contribution in [0, 0.1) is 6.92 Å². The Bertz CT molecular complexity index is 279. The summed E-state index contributed by atoms with van der Waals surface area (Å²) in [7, 11) is 0.633. The van der Waals surface area contributed by atoms with E-state index < -0.39 is 9.83 Å². The minimum absolute atomic E-state index is 0.875. The first kappa shape index (κ1) is 10.8. The van der Waals surface area contributed by atoms with Crippen LogP contribution in [0.2, 0.25) is 0 Å². The van der Waals surface area contributed by atoms with Gasteiger partial charge in [-0.15, -0.1) is 0 Å². The van der Waals surface area contributed by atoms with Crippen molar-refractivity contribution in [2.45, 2.75) is 25.2 Å². The van der Waals surface area contributed by atoms with Gasteiger partial charge in [-0.3, -0.25) is 0 Å². The monoisotopic (exact) mass is 214 g/mol. The smallest absolute Gasteiger partial charge is 0.113 e. The third-order valence-electron chi connectivity index (χ3n) is 1.61. The van der Waals surface area contributed by atoms with E-state index in [0.717, 1.165) is 17.1 Å². The predicted octanol–water partition coefficient (Wildman–Crippen LogP) is 3.16. The maximum atomic E-state index is 11.6. The zero-order valence-electron chi connectivity index (χ0n) is 7.95. The van der Waals surface area contributed by atoms with Crippen molar-refractivity contribution < 1.29 is 4.21 Å². The summed E-state index contributed by atoms with van der Waals surface area (Å²) in [5.41, 5.74) is 1.21. The van der Waals surface area contributed by atoms with Gasteiger partial charge >= 0.3 is 0 Å². The quantitative estimate of drug-likeness (QED) is 0.716. The molecule has 1 atom stereocenters. The van der Waals surface area contributed by atoms with Crippen molar-refractivity contribution in [1.29, 1.82) is 0 Å². The van der Waals surface area contributed by atoms with E-state index in [2.05, 4.69) is 6.92 Å². The fourth-order valence-electron chi connectivity index (χ4n) is 0.876. The highest BCUT2D eigenvalue weighted by molar-refractivity contribution is 8.69.